The normalized spacial score (nSPS) is 13.5. The average molecular weight is 328 g/mol. The summed E-state index contributed by atoms with van der Waals surface area (Å²) in [5, 5.41) is 3.92. The number of halogens is 1. The summed E-state index contributed by atoms with van der Waals surface area (Å²) < 4.78 is 40.5. The van der Waals surface area contributed by atoms with Gasteiger partial charge in [0, 0.05) is 12.6 Å². The van der Waals surface area contributed by atoms with Gasteiger partial charge in [0.25, 0.3) is 0 Å². The van der Waals surface area contributed by atoms with Crippen LogP contribution < -0.4 is 4.72 Å². The number of nitrogens with one attached hydrogen (secondary N) is 1. The van der Waals surface area contributed by atoms with Crippen LogP contribution in [-0.2, 0) is 10.0 Å². The summed E-state index contributed by atoms with van der Waals surface area (Å²) in [7, 11) is -0.109. The number of hydrogen-bond acceptors (Lipinski definition) is 4. The fraction of sp³-hybridized carbons (Fsp3) is 0.286. The van der Waals surface area contributed by atoms with Crippen LogP contribution in [0.15, 0.2) is 46.0 Å². The Hall–Kier alpha value is -1.28. The minimum Gasteiger partial charge on any atom is -0.301 e. The van der Waals surface area contributed by atoms with Gasteiger partial charge in [0.2, 0.25) is 10.0 Å². The Kier molecular flexibility index (Phi) is 5.10. The number of benzene rings is 1. The number of hydrogen-bond donors (Lipinski definition) is 1. The van der Waals surface area contributed by atoms with E-state index >= 15 is 0 Å². The Labute approximate surface area is 128 Å². The topological polar surface area (TPSA) is 49.4 Å². The van der Waals surface area contributed by atoms with E-state index in [1.165, 1.54) is 18.2 Å². The Bertz CT molecular complexity index is 685. The van der Waals surface area contributed by atoms with Crippen LogP contribution in [0.2, 0.25) is 0 Å². The van der Waals surface area contributed by atoms with Crippen LogP contribution in [0.5, 0.6) is 0 Å². The minimum atomic E-state index is -3.86. The molecular weight excluding hydrogens is 311 g/mol. The highest BCUT2D eigenvalue weighted by Crippen LogP contribution is 2.21. The lowest BCUT2D eigenvalue weighted by molar-refractivity contribution is 0.300. The van der Waals surface area contributed by atoms with Crippen molar-refractivity contribution < 1.29 is 12.8 Å². The van der Waals surface area contributed by atoms with Gasteiger partial charge in [0.1, 0.15) is 10.7 Å². The third kappa shape index (κ3) is 3.88. The summed E-state index contributed by atoms with van der Waals surface area (Å²) in [4.78, 5) is 1.60. The van der Waals surface area contributed by atoms with E-state index < -0.39 is 15.8 Å². The minimum absolute atomic E-state index is 0.0993. The molecule has 1 aromatic heterocycles. The molecule has 0 radical (unpaired) electrons. The van der Waals surface area contributed by atoms with Crippen molar-refractivity contribution in [1.29, 1.82) is 0 Å². The molecule has 0 aliphatic heterocycles. The molecule has 1 atom stereocenters. The largest absolute Gasteiger partial charge is 0.301 e. The molecule has 21 heavy (non-hydrogen) atoms. The summed E-state index contributed by atoms with van der Waals surface area (Å²) in [5.41, 5.74) is 1.03. The first-order valence-electron chi connectivity index (χ1n) is 6.34. The van der Waals surface area contributed by atoms with Crippen LogP contribution in [0.4, 0.5) is 4.39 Å². The van der Waals surface area contributed by atoms with E-state index in [4.69, 9.17) is 0 Å². The zero-order valence-electron chi connectivity index (χ0n) is 11.8. The first kappa shape index (κ1) is 16.1. The molecule has 1 aromatic carbocycles. The summed E-state index contributed by atoms with van der Waals surface area (Å²) >= 11 is 1.55. The molecule has 7 heteroatoms. The van der Waals surface area contributed by atoms with Crippen LogP contribution in [-0.4, -0.2) is 34.0 Å². The third-order valence-electron chi connectivity index (χ3n) is 3.14. The van der Waals surface area contributed by atoms with Gasteiger partial charge in [-0.15, -0.1) is 0 Å². The Morgan fingerprint density at radius 2 is 2.00 bits per heavy atom. The van der Waals surface area contributed by atoms with Crippen molar-refractivity contribution in [2.75, 3.05) is 20.6 Å². The van der Waals surface area contributed by atoms with Crippen LogP contribution >= 0.6 is 11.3 Å². The van der Waals surface area contributed by atoms with E-state index in [0.29, 0.717) is 0 Å². The van der Waals surface area contributed by atoms with Crippen molar-refractivity contribution in [3.05, 3.63) is 52.5 Å². The van der Waals surface area contributed by atoms with Crippen molar-refractivity contribution in [2.24, 2.45) is 0 Å². The first-order valence-corrected chi connectivity index (χ1v) is 8.77. The number of thiophene rings is 1. The van der Waals surface area contributed by atoms with Gasteiger partial charge in [-0.2, -0.15) is 11.3 Å². The second kappa shape index (κ2) is 6.65. The second-order valence-electron chi connectivity index (χ2n) is 4.82. The molecule has 0 saturated carbocycles. The molecule has 0 spiro atoms. The number of likely N-dealkylation sites (N-methyl/N-ethyl adjacent to an activating group) is 1. The van der Waals surface area contributed by atoms with E-state index in [-0.39, 0.29) is 17.5 Å². The van der Waals surface area contributed by atoms with Crippen LogP contribution in [0.3, 0.4) is 0 Å². The Morgan fingerprint density at radius 3 is 2.57 bits per heavy atom. The van der Waals surface area contributed by atoms with Gasteiger partial charge in [-0.3, -0.25) is 0 Å². The van der Waals surface area contributed by atoms with Gasteiger partial charge in [-0.05, 0) is 48.6 Å². The van der Waals surface area contributed by atoms with E-state index in [9.17, 15) is 12.8 Å². The second-order valence-corrected chi connectivity index (χ2v) is 7.33. The maximum absolute atomic E-state index is 13.6. The predicted molar refractivity (Wildman–Crippen MR) is 82.3 cm³/mol. The molecule has 1 unspecified atom stereocenters. The molecule has 0 amide bonds. The maximum Gasteiger partial charge on any atom is 0.243 e. The number of rotatable bonds is 6. The quantitative estimate of drug-likeness (QED) is 0.886. The van der Waals surface area contributed by atoms with Crippen molar-refractivity contribution >= 4 is 21.4 Å². The highest BCUT2D eigenvalue weighted by molar-refractivity contribution is 7.89. The van der Waals surface area contributed by atoms with Gasteiger partial charge < -0.3 is 4.90 Å². The molecule has 2 rings (SSSR count). The van der Waals surface area contributed by atoms with Gasteiger partial charge in [-0.1, -0.05) is 12.1 Å². The van der Waals surface area contributed by atoms with E-state index in [0.717, 1.165) is 11.6 Å². The molecule has 0 aliphatic rings. The molecule has 1 N–H and O–H groups in total. The summed E-state index contributed by atoms with van der Waals surface area (Å²) in [6.45, 7) is 0.181. The van der Waals surface area contributed by atoms with E-state index in [1.54, 1.807) is 11.3 Å². The van der Waals surface area contributed by atoms with E-state index in [2.05, 4.69) is 4.72 Å². The molecule has 0 aliphatic carbocycles. The highest BCUT2D eigenvalue weighted by Gasteiger charge is 2.22. The lowest BCUT2D eigenvalue weighted by Crippen LogP contribution is -2.34. The monoisotopic (exact) mass is 328 g/mol. The first-order chi connectivity index (χ1) is 9.92. The van der Waals surface area contributed by atoms with Crippen molar-refractivity contribution in [3.63, 3.8) is 0 Å². The molecule has 114 valence electrons. The zero-order chi connectivity index (χ0) is 15.5. The molecule has 1 heterocycles. The Morgan fingerprint density at radius 1 is 1.29 bits per heavy atom. The van der Waals surface area contributed by atoms with Crippen molar-refractivity contribution in [2.45, 2.75) is 10.9 Å². The molecule has 0 saturated heterocycles. The number of sulfonamides is 1. The predicted octanol–water partition coefficient (Wildman–Crippen LogP) is 2.47. The summed E-state index contributed by atoms with van der Waals surface area (Å²) in [6.07, 6.45) is 0. The SMILES string of the molecule is CN(C)C(CNS(=O)(=O)c1ccccc1F)c1ccsc1. The van der Waals surface area contributed by atoms with Crippen LogP contribution in [0.1, 0.15) is 11.6 Å². The fourth-order valence-electron chi connectivity index (χ4n) is 1.99. The highest BCUT2D eigenvalue weighted by atomic mass is 32.2. The van der Waals surface area contributed by atoms with Gasteiger partial charge in [0.15, 0.2) is 0 Å². The molecule has 0 bridgehead atoms. The standard InChI is InChI=1S/C14H17FN2O2S2/c1-17(2)13(11-7-8-20-10-11)9-16-21(18,19)14-6-4-3-5-12(14)15/h3-8,10,13,16H,9H2,1-2H3. The molecule has 4 nitrogen and oxygen atoms in total. The Balaban J connectivity index is 2.16. The van der Waals surface area contributed by atoms with Crippen LogP contribution in [0, 0.1) is 5.82 Å². The zero-order valence-corrected chi connectivity index (χ0v) is 13.4. The third-order valence-corrected chi connectivity index (χ3v) is 5.30. The van der Waals surface area contributed by atoms with Crippen molar-refractivity contribution in [1.82, 2.24) is 9.62 Å². The van der Waals surface area contributed by atoms with Crippen molar-refractivity contribution in [3.8, 4) is 0 Å². The van der Waals surface area contributed by atoms with Gasteiger partial charge in [0.05, 0.1) is 0 Å². The number of nitrogens with zero attached hydrogens (tertiary/aromatic N) is 1. The smallest absolute Gasteiger partial charge is 0.243 e. The lowest BCUT2D eigenvalue weighted by atomic mass is 10.1. The van der Waals surface area contributed by atoms with Crippen LogP contribution in [0.25, 0.3) is 0 Å². The van der Waals surface area contributed by atoms with Gasteiger partial charge in [-0.25, -0.2) is 17.5 Å². The summed E-state index contributed by atoms with van der Waals surface area (Å²) in [5.74, 6) is -0.748. The summed E-state index contributed by atoms with van der Waals surface area (Å²) in [6, 6.07) is 7.21. The van der Waals surface area contributed by atoms with E-state index in [1.807, 2.05) is 35.8 Å². The fourth-order valence-corrected chi connectivity index (χ4v) is 3.81. The molecule has 2 aromatic rings. The molecule has 0 fully saturated rings. The maximum atomic E-state index is 13.6. The van der Waals surface area contributed by atoms with Gasteiger partial charge >= 0.3 is 0 Å². The average Bonchev–Trinajstić information content (AvgIpc) is 2.92. The molecular formula is C14H17FN2O2S2. The lowest BCUT2D eigenvalue weighted by Gasteiger charge is -2.24.